The van der Waals surface area contributed by atoms with Gasteiger partial charge in [0.05, 0.1) is 16.7 Å². The fourth-order valence-corrected chi connectivity index (χ4v) is 3.54. The van der Waals surface area contributed by atoms with E-state index in [1.807, 2.05) is 0 Å². The SMILES string of the molecule is CC(NC(=O)N1CCC(O)(Cc2ccc(F)cc2)CC1)c1ccc(Cl)c(F)c1. The third kappa shape index (κ3) is 5.00. The van der Waals surface area contributed by atoms with Crippen molar-refractivity contribution in [1.29, 1.82) is 0 Å². The van der Waals surface area contributed by atoms with Gasteiger partial charge in [-0.1, -0.05) is 29.8 Å². The van der Waals surface area contributed by atoms with Crippen molar-refractivity contribution in [2.45, 2.75) is 37.8 Å². The third-order valence-electron chi connectivity index (χ3n) is 5.21. The van der Waals surface area contributed by atoms with Gasteiger partial charge in [-0.2, -0.15) is 0 Å². The van der Waals surface area contributed by atoms with Crippen LogP contribution in [0, 0.1) is 11.6 Å². The molecule has 1 aliphatic heterocycles. The Morgan fingerprint density at radius 2 is 1.86 bits per heavy atom. The lowest BCUT2D eigenvalue weighted by Crippen LogP contribution is -2.51. The maximum absolute atomic E-state index is 13.6. The number of carbonyl (C=O) groups is 1. The van der Waals surface area contributed by atoms with Crippen LogP contribution >= 0.6 is 11.6 Å². The molecule has 2 aromatic carbocycles. The van der Waals surface area contributed by atoms with Crippen LogP contribution in [-0.4, -0.2) is 34.7 Å². The van der Waals surface area contributed by atoms with E-state index in [1.165, 1.54) is 24.3 Å². The number of piperidine rings is 1. The van der Waals surface area contributed by atoms with Crippen LogP contribution in [0.25, 0.3) is 0 Å². The molecule has 1 fully saturated rings. The lowest BCUT2D eigenvalue weighted by Gasteiger charge is -2.38. The summed E-state index contributed by atoms with van der Waals surface area (Å²) in [5.41, 5.74) is 0.569. The van der Waals surface area contributed by atoms with E-state index >= 15 is 0 Å². The minimum Gasteiger partial charge on any atom is -0.389 e. The highest BCUT2D eigenvalue weighted by Gasteiger charge is 2.34. The second-order valence-corrected chi connectivity index (χ2v) is 7.77. The van der Waals surface area contributed by atoms with Crippen molar-refractivity contribution in [3.05, 3.63) is 70.2 Å². The highest BCUT2D eigenvalue weighted by molar-refractivity contribution is 6.30. The lowest BCUT2D eigenvalue weighted by molar-refractivity contribution is -0.0117. The molecular weight excluding hydrogens is 386 g/mol. The molecule has 1 saturated heterocycles. The molecule has 0 radical (unpaired) electrons. The largest absolute Gasteiger partial charge is 0.389 e. The summed E-state index contributed by atoms with van der Waals surface area (Å²) in [4.78, 5) is 14.2. The number of hydrogen-bond acceptors (Lipinski definition) is 2. The van der Waals surface area contributed by atoms with Gasteiger partial charge in [-0.3, -0.25) is 0 Å². The van der Waals surface area contributed by atoms with Gasteiger partial charge in [-0.15, -0.1) is 0 Å². The number of carbonyl (C=O) groups excluding carboxylic acids is 1. The molecule has 1 unspecified atom stereocenters. The average molecular weight is 409 g/mol. The Morgan fingerprint density at radius 1 is 1.21 bits per heavy atom. The van der Waals surface area contributed by atoms with Crippen LogP contribution in [-0.2, 0) is 6.42 Å². The Hall–Kier alpha value is -2.18. The molecule has 2 amide bonds. The Balaban J connectivity index is 1.54. The van der Waals surface area contributed by atoms with Crippen molar-refractivity contribution in [2.24, 2.45) is 0 Å². The van der Waals surface area contributed by atoms with Gasteiger partial charge < -0.3 is 15.3 Å². The molecule has 0 bridgehead atoms. The first-order chi connectivity index (χ1) is 13.3. The number of urea groups is 1. The fraction of sp³-hybridized carbons (Fsp3) is 0.381. The van der Waals surface area contributed by atoms with Gasteiger partial charge in [-0.25, -0.2) is 13.6 Å². The normalized spacial score (nSPS) is 17.2. The van der Waals surface area contributed by atoms with E-state index in [0.717, 1.165) is 5.56 Å². The van der Waals surface area contributed by atoms with Gasteiger partial charge in [0.15, 0.2) is 0 Å². The van der Waals surface area contributed by atoms with Crippen LogP contribution in [0.4, 0.5) is 13.6 Å². The van der Waals surface area contributed by atoms with Crippen molar-refractivity contribution >= 4 is 17.6 Å². The van der Waals surface area contributed by atoms with E-state index in [2.05, 4.69) is 5.32 Å². The number of likely N-dealkylation sites (tertiary alicyclic amines) is 1. The summed E-state index contributed by atoms with van der Waals surface area (Å²) in [5.74, 6) is -0.832. The van der Waals surface area contributed by atoms with Gasteiger partial charge >= 0.3 is 6.03 Å². The lowest BCUT2D eigenvalue weighted by atomic mass is 9.85. The zero-order valence-corrected chi connectivity index (χ0v) is 16.3. The smallest absolute Gasteiger partial charge is 0.317 e. The van der Waals surface area contributed by atoms with E-state index in [1.54, 1.807) is 30.0 Å². The van der Waals surface area contributed by atoms with Crippen LogP contribution in [0.5, 0.6) is 0 Å². The molecule has 0 aliphatic carbocycles. The first-order valence-electron chi connectivity index (χ1n) is 9.23. The maximum Gasteiger partial charge on any atom is 0.317 e. The van der Waals surface area contributed by atoms with Crippen LogP contribution < -0.4 is 5.32 Å². The summed E-state index contributed by atoms with van der Waals surface area (Å²) < 4.78 is 26.6. The zero-order valence-electron chi connectivity index (χ0n) is 15.6. The molecule has 1 heterocycles. The molecule has 4 nitrogen and oxygen atoms in total. The predicted molar refractivity (Wildman–Crippen MR) is 104 cm³/mol. The summed E-state index contributed by atoms with van der Waals surface area (Å²) in [6.07, 6.45) is 1.28. The maximum atomic E-state index is 13.6. The quantitative estimate of drug-likeness (QED) is 0.784. The van der Waals surface area contributed by atoms with Crippen LogP contribution in [0.2, 0.25) is 5.02 Å². The molecular formula is C21H23ClF2N2O2. The molecule has 0 aromatic heterocycles. The predicted octanol–water partition coefficient (Wildman–Crippen LogP) is 4.46. The van der Waals surface area contributed by atoms with Gasteiger partial charge in [0, 0.05) is 19.5 Å². The summed E-state index contributed by atoms with van der Waals surface area (Å²) in [5, 5.41) is 13.7. The molecule has 150 valence electrons. The molecule has 2 N–H and O–H groups in total. The first-order valence-corrected chi connectivity index (χ1v) is 9.61. The van der Waals surface area contributed by atoms with E-state index in [0.29, 0.717) is 37.9 Å². The van der Waals surface area contributed by atoms with Gasteiger partial charge in [0.1, 0.15) is 11.6 Å². The standard InChI is InChI=1S/C21H23ClF2N2O2/c1-14(16-4-7-18(22)19(24)12-16)25-20(27)26-10-8-21(28,9-11-26)13-15-2-5-17(23)6-3-15/h2-7,12,14,28H,8-11,13H2,1H3,(H,25,27). The fourth-order valence-electron chi connectivity index (χ4n) is 3.43. The Kier molecular flexibility index (Phi) is 6.20. The van der Waals surface area contributed by atoms with E-state index in [4.69, 9.17) is 11.6 Å². The molecule has 0 spiro atoms. The van der Waals surface area contributed by atoms with Crippen molar-refractivity contribution in [1.82, 2.24) is 10.2 Å². The summed E-state index contributed by atoms with van der Waals surface area (Å²) in [6, 6.07) is 9.90. The molecule has 28 heavy (non-hydrogen) atoms. The van der Waals surface area contributed by atoms with Gasteiger partial charge in [-0.05, 0) is 55.2 Å². The zero-order chi connectivity index (χ0) is 20.3. The van der Waals surface area contributed by atoms with Crippen LogP contribution in [0.3, 0.4) is 0 Å². The Morgan fingerprint density at radius 3 is 2.46 bits per heavy atom. The van der Waals surface area contributed by atoms with Crippen molar-refractivity contribution in [3.63, 3.8) is 0 Å². The number of amides is 2. The Labute approximate surface area is 168 Å². The van der Waals surface area contributed by atoms with Crippen molar-refractivity contribution in [3.8, 4) is 0 Å². The number of benzene rings is 2. The van der Waals surface area contributed by atoms with E-state index in [-0.39, 0.29) is 22.9 Å². The first kappa shape index (κ1) is 20.6. The van der Waals surface area contributed by atoms with Crippen molar-refractivity contribution < 1.29 is 18.7 Å². The van der Waals surface area contributed by atoms with Crippen molar-refractivity contribution in [2.75, 3.05) is 13.1 Å². The topological polar surface area (TPSA) is 52.6 Å². The van der Waals surface area contributed by atoms with Gasteiger partial charge in [0.25, 0.3) is 0 Å². The van der Waals surface area contributed by atoms with E-state index < -0.39 is 11.4 Å². The average Bonchev–Trinajstić information content (AvgIpc) is 2.66. The molecule has 1 aliphatic rings. The minimum absolute atomic E-state index is 0.0405. The third-order valence-corrected chi connectivity index (χ3v) is 5.52. The second kappa shape index (κ2) is 8.45. The highest BCUT2D eigenvalue weighted by atomic mass is 35.5. The summed E-state index contributed by atoms with van der Waals surface area (Å²) in [6.45, 7) is 2.59. The van der Waals surface area contributed by atoms with Gasteiger partial charge in [0.2, 0.25) is 0 Å². The highest BCUT2D eigenvalue weighted by Crippen LogP contribution is 2.27. The summed E-state index contributed by atoms with van der Waals surface area (Å²) >= 11 is 5.69. The molecule has 2 aromatic rings. The summed E-state index contributed by atoms with van der Waals surface area (Å²) in [7, 11) is 0. The monoisotopic (exact) mass is 408 g/mol. The molecule has 3 rings (SSSR count). The number of aliphatic hydroxyl groups is 1. The van der Waals surface area contributed by atoms with E-state index in [9.17, 15) is 18.7 Å². The van der Waals surface area contributed by atoms with Crippen LogP contribution in [0.15, 0.2) is 42.5 Å². The number of hydrogen-bond donors (Lipinski definition) is 2. The number of rotatable bonds is 4. The van der Waals surface area contributed by atoms with Crippen LogP contribution in [0.1, 0.15) is 36.9 Å². The Bertz CT molecular complexity index is 837. The second-order valence-electron chi connectivity index (χ2n) is 7.36. The number of halogens is 3. The number of nitrogens with zero attached hydrogens (tertiary/aromatic N) is 1. The molecule has 1 atom stereocenters. The minimum atomic E-state index is -0.917. The number of nitrogens with one attached hydrogen (secondary N) is 1. The molecule has 0 saturated carbocycles. The molecule has 7 heteroatoms.